The molecule has 2 aromatic rings. The van der Waals surface area contributed by atoms with E-state index >= 15 is 0 Å². The van der Waals surface area contributed by atoms with Gasteiger partial charge in [0.1, 0.15) is 17.9 Å². The Morgan fingerprint density at radius 3 is 2.75 bits per heavy atom. The van der Waals surface area contributed by atoms with E-state index in [9.17, 15) is 9.90 Å². The predicted octanol–water partition coefficient (Wildman–Crippen LogP) is 3.39. The molecule has 0 amide bonds. The van der Waals surface area contributed by atoms with E-state index in [1.54, 1.807) is 28.9 Å². The van der Waals surface area contributed by atoms with Crippen molar-refractivity contribution < 1.29 is 14.6 Å². The molecule has 20 heavy (non-hydrogen) atoms. The van der Waals surface area contributed by atoms with E-state index in [4.69, 9.17) is 16.3 Å². The van der Waals surface area contributed by atoms with Crippen molar-refractivity contribution >= 4 is 17.6 Å². The molecule has 0 fully saturated rings. The van der Waals surface area contributed by atoms with Crippen LogP contribution in [0.1, 0.15) is 35.9 Å². The Labute approximate surface area is 121 Å². The van der Waals surface area contributed by atoms with Crippen molar-refractivity contribution in [1.82, 2.24) is 9.78 Å². The van der Waals surface area contributed by atoms with Crippen molar-refractivity contribution in [3.63, 3.8) is 0 Å². The highest BCUT2D eigenvalue weighted by molar-refractivity contribution is 6.32. The van der Waals surface area contributed by atoms with Crippen LogP contribution in [0.25, 0.3) is 0 Å². The highest BCUT2D eigenvalue weighted by atomic mass is 35.5. The summed E-state index contributed by atoms with van der Waals surface area (Å²) in [5, 5.41) is 13.8. The van der Waals surface area contributed by atoms with Crippen LogP contribution in [0.15, 0.2) is 30.5 Å². The first-order chi connectivity index (χ1) is 9.50. The van der Waals surface area contributed by atoms with Crippen LogP contribution in [0, 0.1) is 0 Å². The van der Waals surface area contributed by atoms with Gasteiger partial charge in [0.2, 0.25) is 0 Å². The SMILES string of the molecule is CC(C)n1ncc(C(=O)O)c1COc1ccccc1Cl. The van der Waals surface area contributed by atoms with Gasteiger partial charge in [-0.05, 0) is 26.0 Å². The van der Waals surface area contributed by atoms with Crippen LogP contribution in [0.5, 0.6) is 5.75 Å². The third-order valence-corrected chi connectivity index (χ3v) is 3.13. The summed E-state index contributed by atoms with van der Waals surface area (Å²) in [4.78, 5) is 11.2. The number of aromatic carboxylic acids is 1. The van der Waals surface area contributed by atoms with Gasteiger partial charge in [-0.3, -0.25) is 4.68 Å². The number of benzene rings is 1. The minimum atomic E-state index is -1.02. The van der Waals surface area contributed by atoms with Crippen LogP contribution in [-0.2, 0) is 6.61 Å². The Hall–Kier alpha value is -2.01. The average Bonchev–Trinajstić information content (AvgIpc) is 2.82. The molecule has 0 aliphatic rings. The standard InChI is InChI=1S/C14H15ClN2O3/c1-9(2)17-12(10(7-16-17)14(18)19)8-20-13-6-4-3-5-11(13)15/h3-7,9H,8H2,1-2H3,(H,18,19). The molecule has 5 nitrogen and oxygen atoms in total. The summed E-state index contributed by atoms with van der Waals surface area (Å²) in [7, 11) is 0. The molecule has 106 valence electrons. The first-order valence-corrected chi connectivity index (χ1v) is 6.55. The molecule has 1 aromatic heterocycles. The lowest BCUT2D eigenvalue weighted by molar-refractivity contribution is 0.0693. The third kappa shape index (κ3) is 2.93. The summed E-state index contributed by atoms with van der Waals surface area (Å²) in [5.41, 5.74) is 0.665. The Morgan fingerprint density at radius 2 is 2.15 bits per heavy atom. The van der Waals surface area contributed by atoms with Crippen LogP contribution in [0.2, 0.25) is 5.02 Å². The number of carbonyl (C=O) groups is 1. The van der Waals surface area contributed by atoms with E-state index in [0.717, 1.165) is 0 Å². The smallest absolute Gasteiger partial charge is 0.339 e. The van der Waals surface area contributed by atoms with Crippen molar-refractivity contribution in [2.24, 2.45) is 0 Å². The zero-order chi connectivity index (χ0) is 14.7. The molecule has 0 aliphatic carbocycles. The number of hydrogen-bond donors (Lipinski definition) is 1. The number of rotatable bonds is 5. The fourth-order valence-corrected chi connectivity index (χ4v) is 2.05. The van der Waals surface area contributed by atoms with E-state index in [-0.39, 0.29) is 18.2 Å². The fraction of sp³-hybridized carbons (Fsp3) is 0.286. The normalized spacial score (nSPS) is 10.8. The van der Waals surface area contributed by atoms with E-state index in [1.807, 2.05) is 13.8 Å². The molecule has 0 saturated carbocycles. The summed E-state index contributed by atoms with van der Waals surface area (Å²) < 4.78 is 7.25. The molecule has 0 spiro atoms. The van der Waals surface area contributed by atoms with Crippen molar-refractivity contribution in [2.45, 2.75) is 26.5 Å². The third-order valence-electron chi connectivity index (χ3n) is 2.82. The molecule has 2 rings (SSSR count). The minimum absolute atomic E-state index is 0.0490. The average molecular weight is 295 g/mol. The van der Waals surface area contributed by atoms with Gasteiger partial charge in [0, 0.05) is 6.04 Å². The van der Waals surface area contributed by atoms with E-state index < -0.39 is 5.97 Å². The van der Waals surface area contributed by atoms with Crippen molar-refractivity contribution in [2.75, 3.05) is 0 Å². The molecule has 0 bridgehead atoms. The second-order valence-electron chi connectivity index (χ2n) is 4.57. The second kappa shape index (κ2) is 5.96. The number of carboxylic acid groups (broad SMARTS) is 1. The molecule has 0 saturated heterocycles. The van der Waals surface area contributed by atoms with Gasteiger partial charge in [0.25, 0.3) is 0 Å². The molecule has 1 aromatic carbocycles. The summed E-state index contributed by atoms with van der Waals surface area (Å²) >= 11 is 6.01. The van der Waals surface area contributed by atoms with Gasteiger partial charge in [0.15, 0.2) is 0 Å². The lowest BCUT2D eigenvalue weighted by atomic mass is 10.2. The van der Waals surface area contributed by atoms with Gasteiger partial charge in [0.05, 0.1) is 16.9 Å². The molecule has 0 radical (unpaired) electrons. The number of carboxylic acids is 1. The fourth-order valence-electron chi connectivity index (χ4n) is 1.86. The molecular formula is C14H15ClN2O3. The maximum atomic E-state index is 11.2. The number of halogens is 1. The highest BCUT2D eigenvalue weighted by Crippen LogP contribution is 2.25. The molecular weight excluding hydrogens is 280 g/mol. The van der Waals surface area contributed by atoms with Crippen LogP contribution in [0.3, 0.4) is 0 Å². The maximum absolute atomic E-state index is 11.2. The number of hydrogen-bond acceptors (Lipinski definition) is 3. The minimum Gasteiger partial charge on any atom is -0.486 e. The van der Waals surface area contributed by atoms with Gasteiger partial charge in [-0.1, -0.05) is 23.7 Å². The Kier molecular flexibility index (Phi) is 4.29. The quantitative estimate of drug-likeness (QED) is 0.918. The Bertz CT molecular complexity index is 623. The summed E-state index contributed by atoms with van der Waals surface area (Å²) in [6, 6.07) is 7.11. The van der Waals surface area contributed by atoms with Gasteiger partial charge < -0.3 is 9.84 Å². The van der Waals surface area contributed by atoms with Crippen molar-refractivity contribution in [3.8, 4) is 5.75 Å². The van der Waals surface area contributed by atoms with Crippen molar-refractivity contribution in [3.05, 3.63) is 46.7 Å². The lowest BCUT2D eigenvalue weighted by Crippen LogP contribution is -2.13. The number of nitrogens with zero attached hydrogens (tertiary/aromatic N) is 2. The Morgan fingerprint density at radius 1 is 1.45 bits per heavy atom. The van der Waals surface area contributed by atoms with E-state index in [0.29, 0.717) is 16.5 Å². The van der Waals surface area contributed by atoms with Gasteiger partial charge in [-0.15, -0.1) is 0 Å². The lowest BCUT2D eigenvalue weighted by Gasteiger charge is -2.13. The first kappa shape index (κ1) is 14.4. The monoisotopic (exact) mass is 294 g/mol. The first-order valence-electron chi connectivity index (χ1n) is 6.17. The molecule has 1 N–H and O–H groups in total. The van der Waals surface area contributed by atoms with Crippen LogP contribution >= 0.6 is 11.6 Å². The molecule has 6 heteroatoms. The van der Waals surface area contributed by atoms with Crippen LogP contribution in [-0.4, -0.2) is 20.9 Å². The second-order valence-corrected chi connectivity index (χ2v) is 4.97. The van der Waals surface area contributed by atoms with Gasteiger partial charge in [-0.25, -0.2) is 4.79 Å². The zero-order valence-electron chi connectivity index (χ0n) is 11.2. The summed E-state index contributed by atoms with van der Waals surface area (Å²) in [6.45, 7) is 3.96. The van der Waals surface area contributed by atoms with Crippen LogP contribution < -0.4 is 4.74 Å². The topological polar surface area (TPSA) is 64.4 Å². The molecule has 0 atom stereocenters. The van der Waals surface area contributed by atoms with Gasteiger partial charge >= 0.3 is 5.97 Å². The maximum Gasteiger partial charge on any atom is 0.339 e. The summed E-state index contributed by atoms with van der Waals surface area (Å²) in [5.74, 6) is -0.503. The molecule has 0 aliphatic heterocycles. The predicted molar refractivity (Wildman–Crippen MR) is 75.4 cm³/mol. The molecule has 1 heterocycles. The van der Waals surface area contributed by atoms with Crippen LogP contribution in [0.4, 0.5) is 0 Å². The highest BCUT2D eigenvalue weighted by Gasteiger charge is 2.19. The number of aromatic nitrogens is 2. The van der Waals surface area contributed by atoms with E-state index in [1.165, 1.54) is 6.20 Å². The Balaban J connectivity index is 2.26. The van der Waals surface area contributed by atoms with Gasteiger partial charge in [-0.2, -0.15) is 5.10 Å². The largest absolute Gasteiger partial charge is 0.486 e. The van der Waals surface area contributed by atoms with E-state index in [2.05, 4.69) is 5.10 Å². The number of ether oxygens (including phenoxy) is 1. The summed E-state index contributed by atoms with van der Waals surface area (Å²) in [6.07, 6.45) is 1.34. The number of para-hydroxylation sites is 1. The van der Waals surface area contributed by atoms with Crippen molar-refractivity contribution in [1.29, 1.82) is 0 Å². The zero-order valence-corrected chi connectivity index (χ0v) is 12.0. The molecule has 0 unspecified atom stereocenters.